The number of aliphatic hydroxyl groups is 2. The molecule has 3 aliphatic rings. The molecule has 0 spiro atoms. The zero-order valence-electron chi connectivity index (χ0n) is 19.2. The van der Waals surface area contributed by atoms with Gasteiger partial charge in [-0.2, -0.15) is 5.10 Å². The lowest BCUT2D eigenvalue weighted by Crippen LogP contribution is -2.41. The third kappa shape index (κ3) is 3.59. The Labute approximate surface area is 205 Å². The Morgan fingerprint density at radius 1 is 1.06 bits per heavy atom. The molecule has 1 aromatic carbocycles. The van der Waals surface area contributed by atoms with Gasteiger partial charge in [0.05, 0.1) is 34.3 Å². The second-order valence-corrected chi connectivity index (χ2v) is 9.38. The minimum atomic E-state index is -0.938. The fraction of sp³-hybridized carbons (Fsp3) is 0.346. The second-order valence-electron chi connectivity index (χ2n) is 9.38. The van der Waals surface area contributed by atoms with Gasteiger partial charge in [0.2, 0.25) is 5.89 Å². The molecule has 0 unspecified atom stereocenters. The van der Waals surface area contributed by atoms with Gasteiger partial charge in [0.15, 0.2) is 0 Å². The molecule has 4 aromatic rings. The summed E-state index contributed by atoms with van der Waals surface area (Å²) in [7, 11) is 0. The van der Waals surface area contributed by atoms with Crippen molar-refractivity contribution in [2.75, 3.05) is 6.61 Å². The number of oxazole rings is 1. The quantitative estimate of drug-likeness (QED) is 0.411. The van der Waals surface area contributed by atoms with Crippen molar-refractivity contribution in [3.63, 3.8) is 0 Å². The number of halogens is 2. The highest BCUT2D eigenvalue weighted by molar-refractivity contribution is 5.62. The first-order valence-electron chi connectivity index (χ1n) is 11.9. The van der Waals surface area contributed by atoms with E-state index in [1.807, 2.05) is 0 Å². The van der Waals surface area contributed by atoms with Crippen LogP contribution in [0.15, 0.2) is 47.3 Å². The molecule has 3 heterocycles. The van der Waals surface area contributed by atoms with E-state index in [-0.39, 0.29) is 36.1 Å². The lowest BCUT2D eigenvalue weighted by molar-refractivity contribution is 0.130. The zero-order chi connectivity index (χ0) is 24.9. The number of rotatable bonds is 6. The van der Waals surface area contributed by atoms with Gasteiger partial charge in [-0.05, 0) is 55.4 Å². The number of hydrogen-bond acceptors (Lipinski definition) is 8. The smallest absolute Gasteiger partial charge is 0.247 e. The lowest BCUT2D eigenvalue weighted by atomic mass is 9.58. The highest BCUT2D eigenvalue weighted by Gasteiger charge is 2.49. The summed E-state index contributed by atoms with van der Waals surface area (Å²) >= 11 is 0. The molecule has 1 atom stereocenters. The van der Waals surface area contributed by atoms with Crippen molar-refractivity contribution in [2.24, 2.45) is 0 Å². The fourth-order valence-electron chi connectivity index (χ4n) is 5.52. The van der Waals surface area contributed by atoms with Crippen molar-refractivity contribution < 1.29 is 23.4 Å². The average molecular weight is 491 g/mol. The summed E-state index contributed by atoms with van der Waals surface area (Å²) in [5.41, 5.74) is 2.62. The number of aliphatic hydroxyl groups excluding tert-OH is 2. The normalized spacial score (nSPS) is 21.4. The van der Waals surface area contributed by atoms with Crippen molar-refractivity contribution in [1.29, 1.82) is 0 Å². The maximum absolute atomic E-state index is 14.4. The van der Waals surface area contributed by atoms with E-state index >= 15 is 0 Å². The van der Waals surface area contributed by atoms with Gasteiger partial charge in [-0.15, -0.1) is 5.10 Å². The van der Waals surface area contributed by atoms with E-state index in [2.05, 4.69) is 20.2 Å². The molecule has 3 aliphatic carbocycles. The molecule has 1 saturated carbocycles. The van der Waals surface area contributed by atoms with E-state index in [0.29, 0.717) is 17.1 Å². The van der Waals surface area contributed by atoms with Crippen LogP contribution < -0.4 is 0 Å². The predicted molar refractivity (Wildman–Crippen MR) is 124 cm³/mol. The molecule has 2 N–H and O–H groups in total. The average Bonchev–Trinajstić information content (AvgIpc) is 3.40. The third-order valence-electron chi connectivity index (χ3n) is 7.38. The zero-order valence-corrected chi connectivity index (χ0v) is 19.2. The predicted octanol–water partition coefficient (Wildman–Crippen LogP) is 4.24. The molecule has 7 rings (SSSR count). The van der Waals surface area contributed by atoms with Gasteiger partial charge in [0, 0.05) is 19.2 Å². The minimum absolute atomic E-state index is 0.149. The van der Waals surface area contributed by atoms with Gasteiger partial charge >= 0.3 is 0 Å². The molecule has 0 aliphatic heterocycles. The van der Waals surface area contributed by atoms with Crippen molar-refractivity contribution in [3.8, 4) is 22.8 Å². The standard InChI is InChI=1S/C26H23F2N5O3/c27-16-2-1-3-17(28)23(16)18-10-15-14-4-7-26(8-5-14,24(15)33-32-18)22-12-29-11-19(30-22)25-31-20(13-36-25)21(35)6-9-34/h1-3,10-14,21,34-35H,4-9H2/t14-,21-,26+/m0/s1. The number of fused-ring (bicyclic) bond motifs is 2. The molecule has 10 heteroatoms. The van der Waals surface area contributed by atoms with Crippen LogP contribution in [0, 0.1) is 11.6 Å². The molecule has 2 bridgehead atoms. The van der Waals surface area contributed by atoms with Gasteiger partial charge in [-0.25, -0.2) is 18.7 Å². The Balaban J connectivity index is 1.40. The molecular weight excluding hydrogens is 468 g/mol. The van der Waals surface area contributed by atoms with Crippen molar-refractivity contribution in [3.05, 3.63) is 77.2 Å². The van der Waals surface area contributed by atoms with Crippen LogP contribution in [0.3, 0.4) is 0 Å². The highest BCUT2D eigenvalue weighted by Crippen LogP contribution is 2.55. The highest BCUT2D eigenvalue weighted by atomic mass is 19.1. The fourth-order valence-corrected chi connectivity index (χ4v) is 5.52. The van der Waals surface area contributed by atoms with E-state index in [4.69, 9.17) is 14.5 Å². The van der Waals surface area contributed by atoms with Gasteiger partial charge in [-0.3, -0.25) is 4.98 Å². The molecular formula is C26H23F2N5O3. The molecule has 36 heavy (non-hydrogen) atoms. The summed E-state index contributed by atoms with van der Waals surface area (Å²) in [4.78, 5) is 13.5. The van der Waals surface area contributed by atoms with Crippen molar-refractivity contribution in [2.45, 2.75) is 49.5 Å². The molecule has 184 valence electrons. The Kier molecular flexibility index (Phi) is 5.57. The van der Waals surface area contributed by atoms with Crippen LogP contribution in [0.5, 0.6) is 0 Å². The Hall–Kier alpha value is -3.63. The number of aromatic nitrogens is 5. The lowest BCUT2D eigenvalue weighted by Gasteiger charge is -2.46. The van der Waals surface area contributed by atoms with Gasteiger partial charge in [-0.1, -0.05) is 6.07 Å². The summed E-state index contributed by atoms with van der Waals surface area (Å²) in [6.45, 7) is -0.173. The molecule has 0 amide bonds. The summed E-state index contributed by atoms with van der Waals surface area (Å²) in [5, 5.41) is 27.9. The Morgan fingerprint density at radius 2 is 1.83 bits per heavy atom. The van der Waals surface area contributed by atoms with Crippen LogP contribution in [0.1, 0.15) is 66.8 Å². The number of hydrogen-bond donors (Lipinski definition) is 2. The summed E-state index contributed by atoms with van der Waals surface area (Å²) in [5.74, 6) is -0.890. The van der Waals surface area contributed by atoms with E-state index in [1.165, 1.54) is 24.5 Å². The summed E-state index contributed by atoms with van der Waals surface area (Å²) in [6, 6.07) is 5.52. The summed E-state index contributed by atoms with van der Waals surface area (Å²) in [6.07, 6.45) is 7.18. The Bertz CT molecular complexity index is 1410. The van der Waals surface area contributed by atoms with Gasteiger partial charge in [0.25, 0.3) is 0 Å². The second kappa shape index (κ2) is 8.79. The van der Waals surface area contributed by atoms with Crippen LogP contribution in [0.4, 0.5) is 8.78 Å². The summed E-state index contributed by atoms with van der Waals surface area (Å²) < 4.78 is 34.4. The Morgan fingerprint density at radius 3 is 2.58 bits per heavy atom. The minimum Gasteiger partial charge on any atom is -0.443 e. The van der Waals surface area contributed by atoms with E-state index < -0.39 is 23.2 Å². The van der Waals surface area contributed by atoms with E-state index in [9.17, 15) is 13.9 Å². The third-order valence-corrected chi connectivity index (χ3v) is 7.38. The van der Waals surface area contributed by atoms with Crippen LogP contribution in [0.2, 0.25) is 0 Å². The van der Waals surface area contributed by atoms with E-state index in [1.54, 1.807) is 18.5 Å². The van der Waals surface area contributed by atoms with E-state index in [0.717, 1.165) is 36.9 Å². The molecule has 0 saturated heterocycles. The molecule has 3 aromatic heterocycles. The first-order chi connectivity index (χ1) is 17.5. The van der Waals surface area contributed by atoms with Crippen LogP contribution in [0.25, 0.3) is 22.8 Å². The van der Waals surface area contributed by atoms with Crippen molar-refractivity contribution >= 4 is 0 Å². The topological polar surface area (TPSA) is 118 Å². The van der Waals surface area contributed by atoms with Gasteiger partial charge in [0.1, 0.15) is 35.4 Å². The molecule has 1 fully saturated rings. The SMILES string of the molecule is OCC[C@H](O)c1coc(-c2cncc([C@]34CC[C@H](CC3)c3cc(-c5c(F)cccc5F)nnc34)n2)n1. The number of benzene rings is 1. The number of nitrogens with zero attached hydrogens (tertiary/aromatic N) is 5. The monoisotopic (exact) mass is 491 g/mol. The maximum Gasteiger partial charge on any atom is 0.247 e. The van der Waals surface area contributed by atoms with Crippen LogP contribution in [-0.4, -0.2) is 42.0 Å². The molecule has 0 radical (unpaired) electrons. The molecule has 8 nitrogen and oxygen atoms in total. The van der Waals surface area contributed by atoms with Crippen LogP contribution in [-0.2, 0) is 5.41 Å². The largest absolute Gasteiger partial charge is 0.443 e. The first kappa shape index (κ1) is 22.8. The first-order valence-corrected chi connectivity index (χ1v) is 11.9. The maximum atomic E-state index is 14.4. The van der Waals surface area contributed by atoms with Gasteiger partial charge < -0.3 is 14.6 Å². The van der Waals surface area contributed by atoms with Crippen LogP contribution >= 0.6 is 0 Å². The van der Waals surface area contributed by atoms with Crippen molar-refractivity contribution in [1.82, 2.24) is 25.1 Å².